The Balaban J connectivity index is 1.56. The van der Waals surface area contributed by atoms with Gasteiger partial charge in [-0.1, -0.05) is 42.5 Å². The second-order valence-electron chi connectivity index (χ2n) is 5.93. The van der Waals surface area contributed by atoms with E-state index in [2.05, 4.69) is 16.0 Å². The molecule has 1 aliphatic carbocycles. The van der Waals surface area contributed by atoms with Crippen molar-refractivity contribution in [2.45, 2.75) is 18.9 Å². The molecule has 128 valence electrons. The minimum absolute atomic E-state index is 0.0784. The third kappa shape index (κ3) is 4.91. The van der Waals surface area contributed by atoms with Gasteiger partial charge in [-0.2, -0.15) is 0 Å². The van der Waals surface area contributed by atoms with Gasteiger partial charge in [0.05, 0.1) is 6.54 Å². The highest BCUT2D eigenvalue weighted by Crippen LogP contribution is 2.18. The van der Waals surface area contributed by atoms with Crippen LogP contribution >= 0.6 is 0 Å². The number of ketones is 1. The van der Waals surface area contributed by atoms with Gasteiger partial charge in [0.25, 0.3) is 0 Å². The van der Waals surface area contributed by atoms with Crippen LogP contribution in [-0.2, 0) is 4.79 Å². The summed E-state index contributed by atoms with van der Waals surface area (Å²) < 4.78 is 0. The lowest BCUT2D eigenvalue weighted by molar-refractivity contribution is -0.120. The second-order valence-corrected chi connectivity index (χ2v) is 5.93. The van der Waals surface area contributed by atoms with Crippen molar-refractivity contribution in [3.05, 3.63) is 65.7 Å². The van der Waals surface area contributed by atoms with Crippen molar-refractivity contribution in [3.63, 3.8) is 0 Å². The molecule has 3 N–H and O–H groups in total. The molecule has 1 fully saturated rings. The molecule has 3 rings (SSSR count). The Kier molecular flexibility index (Phi) is 5.09. The van der Waals surface area contributed by atoms with Gasteiger partial charge in [-0.3, -0.25) is 9.59 Å². The molecule has 0 unspecified atom stereocenters. The van der Waals surface area contributed by atoms with Crippen LogP contribution in [0.25, 0.3) is 0 Å². The number of hydrogen-bond acceptors (Lipinski definition) is 3. The number of carbonyl (C=O) groups excluding carboxylic acids is 3. The van der Waals surface area contributed by atoms with Crippen LogP contribution in [0.2, 0.25) is 0 Å². The van der Waals surface area contributed by atoms with Gasteiger partial charge >= 0.3 is 6.03 Å². The quantitative estimate of drug-likeness (QED) is 0.707. The Morgan fingerprint density at radius 1 is 0.920 bits per heavy atom. The molecular formula is C19H19N3O3. The molecule has 6 heteroatoms. The minimum Gasteiger partial charge on any atom is -0.352 e. The zero-order valence-electron chi connectivity index (χ0n) is 13.6. The summed E-state index contributed by atoms with van der Waals surface area (Å²) in [6.45, 7) is -0.0784. The van der Waals surface area contributed by atoms with Crippen LogP contribution in [0.3, 0.4) is 0 Å². The molecule has 0 heterocycles. The maximum Gasteiger partial charge on any atom is 0.319 e. The lowest BCUT2D eigenvalue weighted by atomic mass is 10.0. The van der Waals surface area contributed by atoms with Crippen molar-refractivity contribution in [2.24, 2.45) is 0 Å². The average Bonchev–Trinajstić information content (AvgIpc) is 3.44. The molecule has 0 aliphatic heterocycles. The largest absolute Gasteiger partial charge is 0.352 e. The number of rotatable bonds is 6. The molecule has 0 atom stereocenters. The van der Waals surface area contributed by atoms with E-state index >= 15 is 0 Å². The van der Waals surface area contributed by atoms with Gasteiger partial charge in [0.1, 0.15) is 0 Å². The summed E-state index contributed by atoms with van der Waals surface area (Å²) in [7, 11) is 0. The summed E-state index contributed by atoms with van der Waals surface area (Å²) in [4.78, 5) is 35.9. The first kappa shape index (κ1) is 16.7. The Bertz CT molecular complexity index is 786. The lowest BCUT2D eigenvalue weighted by Crippen LogP contribution is -2.39. The van der Waals surface area contributed by atoms with Crippen LogP contribution in [0.15, 0.2) is 54.6 Å². The summed E-state index contributed by atoms with van der Waals surface area (Å²) in [6, 6.07) is 15.4. The molecule has 0 aromatic heterocycles. The van der Waals surface area contributed by atoms with Crippen molar-refractivity contribution < 1.29 is 14.4 Å². The minimum atomic E-state index is -0.491. The maximum absolute atomic E-state index is 12.4. The van der Waals surface area contributed by atoms with Crippen molar-refractivity contribution in [3.8, 4) is 0 Å². The molecule has 0 bridgehead atoms. The Hall–Kier alpha value is -3.15. The second kappa shape index (κ2) is 7.61. The van der Waals surface area contributed by atoms with Gasteiger partial charge in [-0.25, -0.2) is 4.79 Å². The zero-order chi connectivity index (χ0) is 17.6. The molecule has 3 amide bonds. The standard InChI is InChI=1S/C19H19N3O3/c23-17(21-15-9-10-15)12-20-19(25)22-16-8-4-7-14(11-16)18(24)13-5-2-1-3-6-13/h1-8,11,15H,9-10,12H2,(H,21,23)(H2,20,22,25). The molecule has 2 aromatic carbocycles. The molecule has 25 heavy (non-hydrogen) atoms. The van der Waals surface area contributed by atoms with Crippen LogP contribution in [-0.4, -0.2) is 30.3 Å². The maximum atomic E-state index is 12.4. The summed E-state index contributed by atoms with van der Waals surface area (Å²) in [5.74, 6) is -0.320. The van der Waals surface area contributed by atoms with Crippen molar-refractivity contribution in [1.82, 2.24) is 10.6 Å². The average molecular weight is 337 g/mol. The highest BCUT2D eigenvalue weighted by Gasteiger charge is 2.23. The third-order valence-electron chi connectivity index (χ3n) is 3.77. The number of benzene rings is 2. The van der Waals surface area contributed by atoms with E-state index in [0.29, 0.717) is 16.8 Å². The summed E-state index contributed by atoms with van der Waals surface area (Å²) >= 11 is 0. The van der Waals surface area contributed by atoms with E-state index in [9.17, 15) is 14.4 Å². The van der Waals surface area contributed by atoms with E-state index in [1.54, 1.807) is 48.5 Å². The smallest absolute Gasteiger partial charge is 0.319 e. The van der Waals surface area contributed by atoms with Crippen molar-refractivity contribution in [2.75, 3.05) is 11.9 Å². The number of urea groups is 1. The van der Waals surface area contributed by atoms with Crippen molar-refractivity contribution >= 4 is 23.4 Å². The highest BCUT2D eigenvalue weighted by molar-refractivity contribution is 6.09. The van der Waals surface area contributed by atoms with Crippen LogP contribution in [0, 0.1) is 0 Å². The zero-order valence-corrected chi connectivity index (χ0v) is 13.6. The predicted octanol–water partition coefficient (Wildman–Crippen LogP) is 2.32. The molecule has 0 radical (unpaired) electrons. The van der Waals surface area contributed by atoms with Gasteiger partial charge < -0.3 is 16.0 Å². The van der Waals surface area contributed by atoms with Gasteiger partial charge in [0, 0.05) is 22.9 Å². The molecule has 0 spiro atoms. The van der Waals surface area contributed by atoms with E-state index in [-0.39, 0.29) is 24.3 Å². The monoisotopic (exact) mass is 337 g/mol. The Morgan fingerprint density at radius 3 is 2.36 bits per heavy atom. The number of anilines is 1. The summed E-state index contributed by atoms with van der Waals surface area (Å²) in [6.07, 6.45) is 2.00. The molecule has 0 saturated heterocycles. The van der Waals surface area contributed by atoms with Gasteiger partial charge in [-0.05, 0) is 25.0 Å². The fourth-order valence-electron chi connectivity index (χ4n) is 2.34. The lowest BCUT2D eigenvalue weighted by Gasteiger charge is -2.09. The first-order chi connectivity index (χ1) is 12.1. The van der Waals surface area contributed by atoms with Gasteiger partial charge in [0.15, 0.2) is 5.78 Å². The highest BCUT2D eigenvalue weighted by atomic mass is 16.2. The van der Waals surface area contributed by atoms with E-state index in [0.717, 1.165) is 12.8 Å². The Morgan fingerprint density at radius 2 is 1.64 bits per heavy atom. The molecule has 6 nitrogen and oxygen atoms in total. The fraction of sp³-hybridized carbons (Fsp3) is 0.211. The summed E-state index contributed by atoms with van der Waals surface area (Å²) in [5.41, 5.74) is 1.55. The predicted molar refractivity (Wildman–Crippen MR) is 94.5 cm³/mol. The van der Waals surface area contributed by atoms with E-state index in [1.165, 1.54) is 0 Å². The van der Waals surface area contributed by atoms with Crippen LogP contribution < -0.4 is 16.0 Å². The Labute approximate surface area is 145 Å². The van der Waals surface area contributed by atoms with E-state index in [1.807, 2.05) is 6.07 Å². The van der Waals surface area contributed by atoms with Gasteiger partial charge in [0.2, 0.25) is 5.91 Å². The van der Waals surface area contributed by atoms with Crippen molar-refractivity contribution in [1.29, 1.82) is 0 Å². The van der Waals surface area contributed by atoms with Crippen LogP contribution in [0.5, 0.6) is 0 Å². The first-order valence-electron chi connectivity index (χ1n) is 8.16. The topological polar surface area (TPSA) is 87.3 Å². The number of nitrogens with one attached hydrogen (secondary N) is 3. The normalized spacial score (nSPS) is 13.0. The van der Waals surface area contributed by atoms with E-state index in [4.69, 9.17) is 0 Å². The van der Waals surface area contributed by atoms with Gasteiger partial charge in [-0.15, -0.1) is 0 Å². The SMILES string of the molecule is O=C(CNC(=O)Nc1cccc(C(=O)c2ccccc2)c1)NC1CC1. The number of carbonyl (C=O) groups is 3. The molecule has 2 aromatic rings. The molecular weight excluding hydrogens is 318 g/mol. The fourth-order valence-corrected chi connectivity index (χ4v) is 2.34. The third-order valence-corrected chi connectivity index (χ3v) is 3.77. The molecule has 1 aliphatic rings. The number of amides is 3. The first-order valence-corrected chi connectivity index (χ1v) is 8.16. The van der Waals surface area contributed by atoms with Crippen LogP contribution in [0.4, 0.5) is 10.5 Å². The van der Waals surface area contributed by atoms with E-state index < -0.39 is 6.03 Å². The molecule has 1 saturated carbocycles. The summed E-state index contributed by atoms with van der Waals surface area (Å²) in [5, 5.41) is 7.92. The van der Waals surface area contributed by atoms with Crippen LogP contribution in [0.1, 0.15) is 28.8 Å². The number of hydrogen-bond donors (Lipinski definition) is 3.